The average Bonchev–Trinajstić information content (AvgIpc) is 3.29. The molecule has 166 valence electrons. The highest BCUT2D eigenvalue weighted by Crippen LogP contribution is 2.42. The number of hydrogen-bond donors (Lipinski definition) is 3. The number of anilines is 2. The summed E-state index contributed by atoms with van der Waals surface area (Å²) in [4.78, 5) is 13.1. The summed E-state index contributed by atoms with van der Waals surface area (Å²) in [6, 6.07) is 10.2. The van der Waals surface area contributed by atoms with Crippen LogP contribution in [0.4, 0.5) is 11.8 Å². The molecule has 1 aliphatic carbocycles. The molecule has 0 unspecified atom stereocenters. The molecule has 0 bridgehead atoms. The second kappa shape index (κ2) is 8.93. The molecule has 0 amide bonds. The van der Waals surface area contributed by atoms with E-state index in [1.165, 1.54) is 6.20 Å². The number of aliphatic hydroxyl groups excluding tert-OH is 1. The molecule has 2 heterocycles. The van der Waals surface area contributed by atoms with E-state index in [4.69, 9.17) is 4.52 Å². The topological polar surface area (TPSA) is 133 Å². The lowest BCUT2D eigenvalue weighted by molar-refractivity contribution is -0.0511. The fourth-order valence-electron chi connectivity index (χ4n) is 3.62. The first-order valence-electron chi connectivity index (χ1n) is 10.8. The maximum Gasteiger partial charge on any atom is 0.257 e. The van der Waals surface area contributed by atoms with Crippen LogP contribution in [0.2, 0.25) is 0 Å². The number of benzene rings is 1. The normalized spacial score (nSPS) is 19.1. The highest BCUT2D eigenvalue weighted by molar-refractivity contribution is 5.55. The van der Waals surface area contributed by atoms with Crippen LogP contribution in [0.1, 0.15) is 44.1 Å². The molecule has 0 saturated heterocycles. The van der Waals surface area contributed by atoms with Crippen LogP contribution in [0, 0.1) is 16.7 Å². The molecule has 1 aliphatic rings. The Morgan fingerprint density at radius 2 is 2.03 bits per heavy atom. The van der Waals surface area contributed by atoms with Gasteiger partial charge in [-0.2, -0.15) is 15.2 Å². The number of rotatable bonds is 8. The molecule has 4 rings (SSSR count). The van der Waals surface area contributed by atoms with Crippen molar-refractivity contribution in [2.75, 3.05) is 17.2 Å². The predicted octanol–water partition coefficient (Wildman–Crippen LogP) is 3.19. The van der Waals surface area contributed by atoms with Crippen molar-refractivity contribution in [1.82, 2.24) is 20.1 Å². The summed E-state index contributed by atoms with van der Waals surface area (Å²) in [5, 5.41) is 29.8. The van der Waals surface area contributed by atoms with Gasteiger partial charge in [-0.25, -0.2) is 4.98 Å². The minimum absolute atomic E-state index is 0.0538. The Bertz CT molecular complexity index is 1120. The van der Waals surface area contributed by atoms with Crippen LogP contribution in [0.3, 0.4) is 0 Å². The smallest absolute Gasteiger partial charge is 0.257 e. The van der Waals surface area contributed by atoms with E-state index < -0.39 is 0 Å². The molecular formula is C23H27N7O2. The molecule has 9 nitrogen and oxygen atoms in total. The summed E-state index contributed by atoms with van der Waals surface area (Å²) in [5.41, 5.74) is 2.16. The second-order valence-corrected chi connectivity index (χ2v) is 8.58. The Kier molecular flexibility index (Phi) is 6.06. The van der Waals surface area contributed by atoms with Crippen molar-refractivity contribution >= 4 is 11.8 Å². The largest absolute Gasteiger partial charge is 0.392 e. The van der Waals surface area contributed by atoms with Gasteiger partial charge < -0.3 is 20.3 Å². The van der Waals surface area contributed by atoms with Gasteiger partial charge in [0.25, 0.3) is 5.89 Å². The average molecular weight is 434 g/mol. The number of nitriles is 1. The highest BCUT2D eigenvalue weighted by Gasteiger charge is 2.47. The molecule has 2 aromatic heterocycles. The minimum atomic E-state index is -0.357. The standard InChI is InChI=1S/C23H27N7O2/c1-4-19-28-21(32-30-19)15-7-5-14(6-8-15)9-10-25-22-26-13-16(12-24)20(29-22)27-17-11-18(31)23(17,2)3/h5-8,13,17-18,31H,4,9-11H2,1-3H3,(H2,25,26,27,29)/t17-,18+/m1/s1. The first kappa shape index (κ1) is 21.7. The second-order valence-electron chi connectivity index (χ2n) is 8.58. The zero-order valence-corrected chi connectivity index (χ0v) is 18.5. The Hall–Kier alpha value is -3.51. The van der Waals surface area contributed by atoms with Gasteiger partial charge in [-0.1, -0.05) is 38.1 Å². The molecule has 0 aliphatic heterocycles. The minimum Gasteiger partial charge on any atom is -0.392 e. The van der Waals surface area contributed by atoms with Crippen LogP contribution in [-0.4, -0.2) is 43.9 Å². The first-order chi connectivity index (χ1) is 15.4. The zero-order chi connectivity index (χ0) is 22.7. The summed E-state index contributed by atoms with van der Waals surface area (Å²) in [5.74, 6) is 2.17. The lowest BCUT2D eigenvalue weighted by atomic mass is 9.64. The van der Waals surface area contributed by atoms with Crippen molar-refractivity contribution < 1.29 is 9.63 Å². The van der Waals surface area contributed by atoms with Gasteiger partial charge in [0.15, 0.2) is 5.82 Å². The van der Waals surface area contributed by atoms with Crippen LogP contribution in [-0.2, 0) is 12.8 Å². The van der Waals surface area contributed by atoms with Crippen LogP contribution in [0.25, 0.3) is 11.5 Å². The van der Waals surface area contributed by atoms with Crippen molar-refractivity contribution in [3.05, 3.63) is 47.4 Å². The monoisotopic (exact) mass is 433 g/mol. The molecule has 3 aromatic rings. The van der Waals surface area contributed by atoms with Gasteiger partial charge in [-0.05, 0) is 30.5 Å². The third-order valence-corrected chi connectivity index (χ3v) is 6.12. The Balaban J connectivity index is 1.35. The van der Waals surface area contributed by atoms with Gasteiger partial charge in [-0.15, -0.1) is 0 Å². The number of hydrogen-bond acceptors (Lipinski definition) is 9. The van der Waals surface area contributed by atoms with Gasteiger partial charge in [-0.3, -0.25) is 0 Å². The zero-order valence-electron chi connectivity index (χ0n) is 18.5. The first-order valence-corrected chi connectivity index (χ1v) is 10.8. The van der Waals surface area contributed by atoms with Gasteiger partial charge in [0.05, 0.1) is 12.3 Å². The molecule has 0 spiro atoms. The van der Waals surface area contributed by atoms with E-state index in [9.17, 15) is 10.4 Å². The molecule has 3 N–H and O–H groups in total. The lowest BCUT2D eigenvalue weighted by Gasteiger charge is -2.49. The fraction of sp³-hybridized carbons (Fsp3) is 0.435. The van der Waals surface area contributed by atoms with Crippen molar-refractivity contribution in [2.45, 2.75) is 52.2 Å². The fourth-order valence-corrected chi connectivity index (χ4v) is 3.62. The third kappa shape index (κ3) is 4.41. The van der Waals surface area contributed by atoms with Gasteiger partial charge >= 0.3 is 0 Å². The third-order valence-electron chi connectivity index (χ3n) is 6.12. The van der Waals surface area contributed by atoms with E-state index in [0.29, 0.717) is 42.0 Å². The van der Waals surface area contributed by atoms with E-state index in [2.05, 4.69) is 36.8 Å². The molecule has 2 atom stereocenters. The summed E-state index contributed by atoms with van der Waals surface area (Å²) in [7, 11) is 0. The Labute approximate surface area is 186 Å². The van der Waals surface area contributed by atoms with E-state index in [0.717, 1.165) is 24.0 Å². The summed E-state index contributed by atoms with van der Waals surface area (Å²) in [6.45, 7) is 6.62. The molecule has 1 fully saturated rings. The SMILES string of the molecule is CCc1noc(-c2ccc(CCNc3ncc(C#N)c(N[C@@H]4C[C@H](O)C4(C)C)n3)cc2)n1. The van der Waals surface area contributed by atoms with Crippen LogP contribution in [0.5, 0.6) is 0 Å². The van der Waals surface area contributed by atoms with E-state index in [1.54, 1.807) is 0 Å². The van der Waals surface area contributed by atoms with Gasteiger partial charge in [0.1, 0.15) is 17.5 Å². The van der Waals surface area contributed by atoms with Crippen LogP contribution in [0.15, 0.2) is 35.0 Å². The number of aromatic nitrogens is 4. The lowest BCUT2D eigenvalue weighted by Crippen LogP contribution is -2.57. The maximum atomic E-state index is 9.96. The van der Waals surface area contributed by atoms with E-state index in [-0.39, 0.29) is 17.6 Å². The van der Waals surface area contributed by atoms with E-state index in [1.807, 2.05) is 45.0 Å². The Morgan fingerprint density at radius 3 is 2.66 bits per heavy atom. The van der Waals surface area contributed by atoms with Gasteiger partial charge in [0, 0.05) is 30.0 Å². The van der Waals surface area contributed by atoms with Crippen LogP contribution >= 0.6 is 0 Å². The number of aryl methyl sites for hydroxylation is 1. The van der Waals surface area contributed by atoms with Crippen molar-refractivity contribution in [1.29, 1.82) is 5.26 Å². The number of aliphatic hydroxyl groups is 1. The number of nitrogens with one attached hydrogen (secondary N) is 2. The molecule has 9 heteroatoms. The maximum absolute atomic E-state index is 9.96. The van der Waals surface area contributed by atoms with E-state index >= 15 is 0 Å². The highest BCUT2D eigenvalue weighted by atomic mass is 16.5. The quantitative estimate of drug-likeness (QED) is 0.490. The molecule has 1 aromatic carbocycles. The molecule has 0 radical (unpaired) electrons. The Morgan fingerprint density at radius 1 is 1.25 bits per heavy atom. The summed E-state index contributed by atoms with van der Waals surface area (Å²) < 4.78 is 5.28. The van der Waals surface area contributed by atoms with Gasteiger partial charge in [0.2, 0.25) is 5.95 Å². The summed E-state index contributed by atoms with van der Waals surface area (Å²) >= 11 is 0. The molecule has 32 heavy (non-hydrogen) atoms. The van der Waals surface area contributed by atoms with Crippen LogP contribution < -0.4 is 10.6 Å². The number of nitrogens with zero attached hydrogens (tertiary/aromatic N) is 5. The summed E-state index contributed by atoms with van der Waals surface area (Å²) in [6.07, 6.45) is 3.30. The molecule has 1 saturated carbocycles. The van der Waals surface area contributed by atoms with Crippen molar-refractivity contribution in [3.8, 4) is 17.5 Å². The molecular weight excluding hydrogens is 406 g/mol. The van der Waals surface area contributed by atoms with Crippen molar-refractivity contribution in [2.24, 2.45) is 5.41 Å². The van der Waals surface area contributed by atoms with Crippen molar-refractivity contribution in [3.63, 3.8) is 0 Å². The predicted molar refractivity (Wildman–Crippen MR) is 120 cm³/mol.